The molecule has 1 N–H and O–H groups in total. The highest BCUT2D eigenvalue weighted by molar-refractivity contribution is 5.75. The van der Waals surface area contributed by atoms with Gasteiger partial charge < -0.3 is 14.4 Å². The van der Waals surface area contributed by atoms with Crippen LogP contribution in [-0.4, -0.2) is 20.6 Å². The third-order valence-electron chi connectivity index (χ3n) is 4.70. The molecular weight excluding hydrogens is 399 g/mol. The van der Waals surface area contributed by atoms with E-state index in [4.69, 9.17) is 4.52 Å². The summed E-state index contributed by atoms with van der Waals surface area (Å²) in [5.74, 6) is -0.233. The van der Waals surface area contributed by atoms with E-state index in [9.17, 15) is 14.0 Å². The van der Waals surface area contributed by atoms with Crippen molar-refractivity contribution >= 4 is 5.91 Å². The van der Waals surface area contributed by atoms with Gasteiger partial charge in [0.1, 0.15) is 17.9 Å². The average molecular weight is 418 g/mol. The van der Waals surface area contributed by atoms with Crippen LogP contribution in [-0.2, 0) is 17.9 Å². The van der Waals surface area contributed by atoms with Crippen LogP contribution in [0.1, 0.15) is 11.1 Å². The van der Waals surface area contributed by atoms with Crippen molar-refractivity contribution in [2.45, 2.75) is 20.0 Å². The highest BCUT2D eigenvalue weighted by Gasteiger charge is 2.16. The number of amides is 1. The number of nitrogens with zero attached hydrogens (tertiary/aromatic N) is 3. The number of carbonyl (C=O) groups excluding carboxylic acids is 1. The average Bonchev–Trinajstić information content (AvgIpc) is 3.25. The summed E-state index contributed by atoms with van der Waals surface area (Å²) in [4.78, 5) is 29.4. The van der Waals surface area contributed by atoms with Crippen LogP contribution < -0.4 is 10.9 Å². The van der Waals surface area contributed by atoms with Gasteiger partial charge in [0.25, 0.3) is 11.4 Å². The Kier molecular flexibility index (Phi) is 5.70. The van der Waals surface area contributed by atoms with Gasteiger partial charge in [0, 0.05) is 18.3 Å². The number of halogens is 1. The van der Waals surface area contributed by atoms with E-state index in [-0.39, 0.29) is 36.3 Å². The molecule has 0 atom stereocenters. The van der Waals surface area contributed by atoms with Gasteiger partial charge >= 0.3 is 0 Å². The van der Waals surface area contributed by atoms with Gasteiger partial charge in [-0.05, 0) is 36.8 Å². The van der Waals surface area contributed by atoms with E-state index in [0.717, 1.165) is 16.7 Å². The van der Waals surface area contributed by atoms with Crippen molar-refractivity contribution in [3.05, 3.63) is 94.2 Å². The molecule has 8 heteroatoms. The lowest BCUT2D eigenvalue weighted by atomic mass is 10.1. The maximum absolute atomic E-state index is 13.0. The van der Waals surface area contributed by atoms with Crippen molar-refractivity contribution < 1.29 is 13.7 Å². The lowest BCUT2D eigenvalue weighted by molar-refractivity contribution is -0.121. The summed E-state index contributed by atoms with van der Waals surface area (Å²) in [7, 11) is 0. The minimum atomic E-state index is -0.418. The predicted octanol–water partition coefficient (Wildman–Crippen LogP) is 3.33. The zero-order valence-corrected chi connectivity index (χ0v) is 16.7. The van der Waals surface area contributed by atoms with Gasteiger partial charge in [-0.15, -0.1) is 0 Å². The lowest BCUT2D eigenvalue weighted by Crippen LogP contribution is -2.32. The fourth-order valence-corrected chi connectivity index (χ4v) is 2.99. The van der Waals surface area contributed by atoms with Crippen LogP contribution in [0.4, 0.5) is 4.39 Å². The van der Waals surface area contributed by atoms with Gasteiger partial charge in [0.05, 0.1) is 0 Å². The number of carbonyl (C=O) groups is 1. The number of nitrogens with one attached hydrogen (secondary N) is 1. The summed E-state index contributed by atoms with van der Waals surface area (Å²) in [6.07, 6.45) is 1.51. The summed E-state index contributed by atoms with van der Waals surface area (Å²) in [5, 5.41) is 6.66. The summed E-state index contributed by atoms with van der Waals surface area (Å²) in [6, 6.07) is 16.7. The molecule has 0 unspecified atom stereocenters. The Balaban J connectivity index is 1.48. The Labute approximate surface area is 177 Å². The maximum atomic E-state index is 13.0. The van der Waals surface area contributed by atoms with E-state index in [1.54, 1.807) is 24.3 Å². The van der Waals surface area contributed by atoms with Crippen molar-refractivity contribution in [3.63, 3.8) is 0 Å². The van der Waals surface area contributed by atoms with Gasteiger partial charge in [-0.2, -0.15) is 4.98 Å². The SMILES string of the molecule is Cc1ccc(-c2noc(-c3cccn(CC(=O)NCc4ccc(F)cc4)c3=O)n2)cc1. The number of rotatable bonds is 6. The summed E-state index contributed by atoms with van der Waals surface area (Å²) < 4.78 is 19.5. The van der Waals surface area contributed by atoms with Crippen LogP contribution in [0.5, 0.6) is 0 Å². The fraction of sp³-hybridized carbons (Fsp3) is 0.130. The molecule has 0 bridgehead atoms. The molecule has 1 amide bonds. The minimum Gasteiger partial charge on any atom is -0.350 e. The number of hydrogen-bond acceptors (Lipinski definition) is 5. The second kappa shape index (κ2) is 8.74. The van der Waals surface area contributed by atoms with Crippen LogP contribution in [0.25, 0.3) is 22.8 Å². The van der Waals surface area contributed by atoms with Crippen LogP contribution in [0.2, 0.25) is 0 Å². The number of pyridine rings is 1. The smallest absolute Gasteiger partial charge is 0.263 e. The molecule has 2 aromatic carbocycles. The Hall–Kier alpha value is -4.07. The number of hydrogen-bond donors (Lipinski definition) is 1. The molecule has 4 aromatic rings. The van der Waals surface area contributed by atoms with Crippen LogP contribution in [0.3, 0.4) is 0 Å². The lowest BCUT2D eigenvalue weighted by Gasteiger charge is -2.08. The molecule has 31 heavy (non-hydrogen) atoms. The normalized spacial score (nSPS) is 10.8. The summed E-state index contributed by atoms with van der Waals surface area (Å²) >= 11 is 0. The minimum absolute atomic E-state index is 0.0849. The topological polar surface area (TPSA) is 90.0 Å². The third-order valence-corrected chi connectivity index (χ3v) is 4.70. The second-order valence-corrected chi connectivity index (χ2v) is 7.05. The Morgan fingerprint density at radius 2 is 1.84 bits per heavy atom. The fourth-order valence-electron chi connectivity index (χ4n) is 2.99. The first kappa shape index (κ1) is 20.2. The van der Waals surface area contributed by atoms with Gasteiger partial charge in [0.15, 0.2) is 0 Å². The molecule has 0 saturated carbocycles. The first-order valence-electron chi connectivity index (χ1n) is 9.61. The number of benzene rings is 2. The highest BCUT2D eigenvalue weighted by Crippen LogP contribution is 2.20. The molecule has 156 valence electrons. The first-order chi connectivity index (χ1) is 15.0. The third kappa shape index (κ3) is 4.75. The molecule has 7 nitrogen and oxygen atoms in total. The van der Waals surface area contributed by atoms with Gasteiger partial charge in [-0.3, -0.25) is 9.59 Å². The molecule has 2 aromatic heterocycles. The molecule has 0 spiro atoms. The van der Waals surface area contributed by atoms with E-state index in [1.165, 1.54) is 22.9 Å². The summed E-state index contributed by atoms with van der Waals surface area (Å²) in [5.41, 5.74) is 2.43. The van der Waals surface area contributed by atoms with E-state index in [0.29, 0.717) is 5.82 Å². The van der Waals surface area contributed by atoms with E-state index in [2.05, 4.69) is 15.5 Å². The molecule has 0 radical (unpaired) electrons. The van der Waals surface area contributed by atoms with Gasteiger partial charge in [0.2, 0.25) is 11.7 Å². The zero-order valence-electron chi connectivity index (χ0n) is 16.7. The Bertz CT molecular complexity index is 1260. The number of aromatic nitrogens is 3. The monoisotopic (exact) mass is 418 g/mol. The van der Waals surface area contributed by atoms with Crippen molar-refractivity contribution in [1.82, 2.24) is 20.0 Å². The molecule has 0 fully saturated rings. The molecular formula is C23H19FN4O3. The molecule has 0 aliphatic heterocycles. The van der Waals surface area contributed by atoms with E-state index in [1.807, 2.05) is 31.2 Å². The van der Waals surface area contributed by atoms with Crippen LogP contribution >= 0.6 is 0 Å². The van der Waals surface area contributed by atoms with Crippen molar-refractivity contribution in [3.8, 4) is 22.8 Å². The molecule has 0 aliphatic rings. The van der Waals surface area contributed by atoms with Gasteiger partial charge in [-0.25, -0.2) is 4.39 Å². The molecule has 0 aliphatic carbocycles. The summed E-state index contributed by atoms with van der Waals surface area (Å²) in [6.45, 7) is 2.04. The highest BCUT2D eigenvalue weighted by atomic mass is 19.1. The quantitative estimate of drug-likeness (QED) is 0.519. The van der Waals surface area contributed by atoms with Crippen molar-refractivity contribution in [2.24, 2.45) is 0 Å². The maximum Gasteiger partial charge on any atom is 0.263 e. The van der Waals surface area contributed by atoms with Crippen LogP contribution in [0.15, 0.2) is 76.2 Å². The van der Waals surface area contributed by atoms with E-state index >= 15 is 0 Å². The second-order valence-electron chi connectivity index (χ2n) is 7.05. The first-order valence-corrected chi connectivity index (χ1v) is 9.61. The molecule has 2 heterocycles. The van der Waals surface area contributed by atoms with Crippen LogP contribution in [0, 0.1) is 12.7 Å². The zero-order chi connectivity index (χ0) is 21.8. The predicted molar refractivity (Wildman–Crippen MR) is 112 cm³/mol. The number of aryl methyl sites for hydroxylation is 1. The molecule has 4 rings (SSSR count). The van der Waals surface area contributed by atoms with Crippen molar-refractivity contribution in [1.29, 1.82) is 0 Å². The molecule has 0 saturated heterocycles. The Morgan fingerprint density at radius 3 is 2.58 bits per heavy atom. The Morgan fingerprint density at radius 1 is 1.10 bits per heavy atom. The van der Waals surface area contributed by atoms with Crippen molar-refractivity contribution in [2.75, 3.05) is 0 Å². The van der Waals surface area contributed by atoms with Gasteiger partial charge in [-0.1, -0.05) is 47.1 Å². The van der Waals surface area contributed by atoms with E-state index < -0.39 is 5.56 Å². The standard InChI is InChI=1S/C23H19FN4O3/c1-15-4-8-17(9-5-15)21-26-22(31-27-21)19-3-2-12-28(23(19)30)14-20(29)25-13-16-6-10-18(24)11-7-16/h2-12H,13-14H2,1H3,(H,25,29). The largest absolute Gasteiger partial charge is 0.350 e.